The van der Waals surface area contributed by atoms with E-state index in [1.165, 1.54) is 32.1 Å². The Balaban J connectivity index is 1.65. The molecule has 1 saturated carbocycles. The van der Waals surface area contributed by atoms with Crippen LogP contribution in [0.15, 0.2) is 72.9 Å². The summed E-state index contributed by atoms with van der Waals surface area (Å²) in [6.45, 7) is 0. The van der Waals surface area contributed by atoms with Crippen molar-refractivity contribution in [3.63, 3.8) is 0 Å². The minimum atomic E-state index is 0.507. The van der Waals surface area contributed by atoms with E-state index in [1.54, 1.807) is 0 Å². The van der Waals surface area contributed by atoms with Gasteiger partial charge >= 0.3 is 0 Å². The predicted octanol–water partition coefficient (Wildman–Crippen LogP) is 5.81. The smallest absolute Gasteiger partial charge is 0.165 e. The van der Waals surface area contributed by atoms with E-state index in [0.717, 1.165) is 33.8 Å². The summed E-state index contributed by atoms with van der Waals surface area (Å²) >= 11 is 0. The zero-order valence-corrected chi connectivity index (χ0v) is 15.9. The minimum Gasteiger partial charge on any atom is -0.367 e. The predicted molar refractivity (Wildman–Crippen MR) is 114 cm³/mol. The molecule has 4 nitrogen and oxygen atoms in total. The van der Waals surface area contributed by atoms with Gasteiger partial charge in [-0.2, -0.15) is 9.61 Å². The molecule has 1 aliphatic carbocycles. The van der Waals surface area contributed by atoms with Gasteiger partial charge in [0.05, 0.1) is 11.9 Å². The van der Waals surface area contributed by atoms with Crippen LogP contribution in [-0.4, -0.2) is 20.6 Å². The molecule has 4 aromatic rings. The second-order valence-electron chi connectivity index (χ2n) is 7.53. The first-order chi connectivity index (χ1) is 13.9. The van der Waals surface area contributed by atoms with Gasteiger partial charge < -0.3 is 5.32 Å². The normalized spacial score (nSPS) is 15.0. The van der Waals surface area contributed by atoms with Crippen LogP contribution >= 0.6 is 0 Å². The Morgan fingerprint density at radius 2 is 1.50 bits per heavy atom. The van der Waals surface area contributed by atoms with Gasteiger partial charge in [-0.3, -0.25) is 0 Å². The van der Waals surface area contributed by atoms with Crippen molar-refractivity contribution >= 4 is 11.5 Å². The summed E-state index contributed by atoms with van der Waals surface area (Å²) in [5.41, 5.74) is 5.19. The molecule has 0 amide bonds. The SMILES string of the molecule is c1ccc(-c2cc(NC3CCCCC3)n3ncc(-c4ccccc4)c3n2)cc1. The standard InChI is InChI=1S/C24H24N4/c1-4-10-18(11-5-1)21-17-25-28-23(26-20-14-8-3-9-15-20)16-22(27-24(21)28)19-12-6-2-7-13-19/h1-2,4-7,10-13,16-17,20,26H,3,8-9,14-15H2. The molecule has 0 unspecified atom stereocenters. The minimum absolute atomic E-state index is 0.507. The average molecular weight is 368 g/mol. The van der Waals surface area contributed by atoms with Crippen LogP contribution in [0.3, 0.4) is 0 Å². The highest BCUT2D eigenvalue weighted by atomic mass is 15.3. The molecule has 2 aromatic heterocycles. The zero-order valence-electron chi connectivity index (χ0n) is 15.9. The molecule has 0 saturated heterocycles. The van der Waals surface area contributed by atoms with Crippen LogP contribution in [0.4, 0.5) is 5.82 Å². The van der Waals surface area contributed by atoms with Gasteiger partial charge in [-0.15, -0.1) is 0 Å². The van der Waals surface area contributed by atoms with Gasteiger partial charge in [0.1, 0.15) is 5.82 Å². The van der Waals surface area contributed by atoms with Crippen molar-refractivity contribution in [2.45, 2.75) is 38.1 Å². The Morgan fingerprint density at radius 1 is 0.821 bits per heavy atom. The van der Waals surface area contributed by atoms with Crippen LogP contribution in [0.2, 0.25) is 0 Å². The van der Waals surface area contributed by atoms with E-state index < -0.39 is 0 Å². The lowest BCUT2D eigenvalue weighted by Crippen LogP contribution is -2.23. The Morgan fingerprint density at radius 3 is 2.21 bits per heavy atom. The third kappa shape index (κ3) is 3.26. The topological polar surface area (TPSA) is 42.2 Å². The van der Waals surface area contributed by atoms with Crippen molar-refractivity contribution in [1.82, 2.24) is 14.6 Å². The Bertz CT molecular complexity index is 1060. The first-order valence-electron chi connectivity index (χ1n) is 10.1. The van der Waals surface area contributed by atoms with Gasteiger partial charge in [0, 0.05) is 23.2 Å². The van der Waals surface area contributed by atoms with Crippen LogP contribution in [0.25, 0.3) is 28.0 Å². The van der Waals surface area contributed by atoms with Gasteiger partial charge in [0.25, 0.3) is 0 Å². The fourth-order valence-corrected chi connectivity index (χ4v) is 4.10. The van der Waals surface area contributed by atoms with E-state index in [2.05, 4.69) is 65.0 Å². The van der Waals surface area contributed by atoms with Crippen LogP contribution in [-0.2, 0) is 0 Å². The number of hydrogen-bond acceptors (Lipinski definition) is 3. The molecule has 1 N–H and O–H groups in total. The lowest BCUT2D eigenvalue weighted by atomic mass is 9.95. The third-order valence-corrected chi connectivity index (χ3v) is 5.58. The molecule has 1 fully saturated rings. The molecule has 2 aromatic carbocycles. The van der Waals surface area contributed by atoms with Crippen LogP contribution in [0.1, 0.15) is 32.1 Å². The van der Waals surface area contributed by atoms with Crippen molar-refractivity contribution in [3.8, 4) is 22.4 Å². The van der Waals surface area contributed by atoms with Crippen LogP contribution in [0, 0.1) is 0 Å². The van der Waals surface area contributed by atoms with Gasteiger partial charge in [-0.05, 0) is 18.4 Å². The van der Waals surface area contributed by atoms with Crippen LogP contribution < -0.4 is 5.32 Å². The highest BCUT2D eigenvalue weighted by molar-refractivity contribution is 5.80. The van der Waals surface area contributed by atoms with Gasteiger partial charge in [-0.25, -0.2) is 4.98 Å². The fourth-order valence-electron chi connectivity index (χ4n) is 4.10. The zero-order chi connectivity index (χ0) is 18.8. The molecule has 0 aliphatic heterocycles. The van der Waals surface area contributed by atoms with E-state index in [0.29, 0.717) is 6.04 Å². The first-order valence-corrected chi connectivity index (χ1v) is 10.1. The van der Waals surface area contributed by atoms with Crippen molar-refractivity contribution < 1.29 is 0 Å². The van der Waals surface area contributed by atoms with E-state index in [4.69, 9.17) is 4.98 Å². The van der Waals surface area contributed by atoms with E-state index in [1.807, 2.05) is 22.8 Å². The lowest BCUT2D eigenvalue weighted by molar-refractivity contribution is 0.461. The summed E-state index contributed by atoms with van der Waals surface area (Å²) in [6, 6.07) is 23.4. The summed E-state index contributed by atoms with van der Waals surface area (Å²) in [7, 11) is 0. The number of anilines is 1. The Labute approximate surface area is 165 Å². The molecule has 2 heterocycles. The molecule has 0 spiro atoms. The molecule has 0 atom stereocenters. The number of nitrogens with one attached hydrogen (secondary N) is 1. The maximum atomic E-state index is 5.00. The summed E-state index contributed by atoms with van der Waals surface area (Å²) < 4.78 is 1.96. The maximum Gasteiger partial charge on any atom is 0.165 e. The molecule has 0 radical (unpaired) electrons. The van der Waals surface area contributed by atoms with Gasteiger partial charge in [-0.1, -0.05) is 79.9 Å². The largest absolute Gasteiger partial charge is 0.367 e. The van der Waals surface area contributed by atoms with Crippen molar-refractivity contribution in [1.29, 1.82) is 0 Å². The number of nitrogens with zero attached hydrogens (tertiary/aromatic N) is 3. The summed E-state index contributed by atoms with van der Waals surface area (Å²) in [5.74, 6) is 1.03. The second kappa shape index (κ2) is 7.47. The Kier molecular flexibility index (Phi) is 4.53. The molecule has 4 heteroatoms. The van der Waals surface area contributed by atoms with Gasteiger partial charge in [0.2, 0.25) is 0 Å². The fraction of sp³-hybridized carbons (Fsp3) is 0.250. The van der Waals surface area contributed by atoms with E-state index in [9.17, 15) is 0 Å². The number of aromatic nitrogens is 3. The number of rotatable bonds is 4. The van der Waals surface area contributed by atoms with Gasteiger partial charge in [0.15, 0.2) is 5.65 Å². The molecule has 1 aliphatic rings. The summed E-state index contributed by atoms with van der Waals surface area (Å²) in [6.07, 6.45) is 8.31. The molecule has 5 rings (SSSR count). The monoisotopic (exact) mass is 368 g/mol. The highest BCUT2D eigenvalue weighted by Gasteiger charge is 2.18. The number of benzene rings is 2. The van der Waals surface area contributed by atoms with Crippen molar-refractivity contribution in [3.05, 3.63) is 72.9 Å². The number of fused-ring (bicyclic) bond motifs is 1. The first kappa shape index (κ1) is 17.0. The second-order valence-corrected chi connectivity index (χ2v) is 7.53. The maximum absolute atomic E-state index is 5.00. The number of hydrogen-bond donors (Lipinski definition) is 1. The molecular weight excluding hydrogens is 344 g/mol. The van der Waals surface area contributed by atoms with Crippen LogP contribution in [0.5, 0.6) is 0 Å². The third-order valence-electron chi connectivity index (χ3n) is 5.58. The lowest BCUT2D eigenvalue weighted by Gasteiger charge is -2.24. The van der Waals surface area contributed by atoms with Crippen molar-refractivity contribution in [2.24, 2.45) is 0 Å². The average Bonchev–Trinajstić information content (AvgIpc) is 3.20. The summed E-state index contributed by atoms with van der Waals surface area (Å²) in [4.78, 5) is 5.00. The molecular formula is C24H24N4. The van der Waals surface area contributed by atoms with E-state index in [-0.39, 0.29) is 0 Å². The van der Waals surface area contributed by atoms with E-state index >= 15 is 0 Å². The molecule has 28 heavy (non-hydrogen) atoms. The summed E-state index contributed by atoms with van der Waals surface area (Å²) in [5, 5.41) is 8.45. The quantitative estimate of drug-likeness (QED) is 0.494. The van der Waals surface area contributed by atoms with Crippen molar-refractivity contribution in [2.75, 3.05) is 5.32 Å². The molecule has 140 valence electrons. The molecule has 0 bridgehead atoms. The Hall–Kier alpha value is -3.14. The highest BCUT2D eigenvalue weighted by Crippen LogP contribution is 2.30.